The molecule has 0 unspecified atom stereocenters. The molecule has 0 radical (unpaired) electrons. The Morgan fingerprint density at radius 2 is 2.06 bits per heavy atom. The lowest BCUT2D eigenvalue weighted by Gasteiger charge is -2.07. The molecule has 0 amide bonds. The summed E-state index contributed by atoms with van der Waals surface area (Å²) in [6.45, 7) is 1.78. The summed E-state index contributed by atoms with van der Waals surface area (Å²) in [5, 5.41) is 0. The lowest BCUT2D eigenvalue weighted by atomic mass is 9.95. The average Bonchev–Trinajstić information content (AvgIpc) is 2.95. The maximum atomic E-state index is 11.7. The number of aryl methyl sites for hydroxylation is 3. The molecule has 0 atom stereocenters. The van der Waals surface area contributed by atoms with Gasteiger partial charge in [0.2, 0.25) is 0 Å². The van der Waals surface area contributed by atoms with Crippen LogP contribution in [0, 0.1) is 0 Å². The molecule has 4 nitrogen and oxygen atoms in total. The van der Waals surface area contributed by atoms with Gasteiger partial charge in [-0.05, 0) is 18.4 Å². The normalized spacial score (nSPS) is 14.9. The number of rotatable bonds is 3. The Bertz CT molecular complexity index is 525. The predicted octanol–water partition coefficient (Wildman–Crippen LogP) is 1.90. The Kier molecular flexibility index (Phi) is 2.55. The van der Waals surface area contributed by atoms with Crippen molar-refractivity contribution < 1.29 is 4.79 Å². The third kappa shape index (κ3) is 2.02. The first kappa shape index (κ1) is 10.3. The molecular weight excluding hydrogens is 214 g/mol. The van der Waals surface area contributed by atoms with Crippen LogP contribution < -0.4 is 0 Å². The highest BCUT2D eigenvalue weighted by Gasteiger charge is 2.18. The summed E-state index contributed by atoms with van der Waals surface area (Å²) in [7, 11) is 0. The maximum Gasteiger partial charge on any atom is 0.164 e. The molecule has 88 valence electrons. The van der Waals surface area contributed by atoms with Crippen molar-refractivity contribution in [2.24, 2.45) is 0 Å². The van der Waals surface area contributed by atoms with E-state index in [1.165, 1.54) is 5.56 Å². The summed E-state index contributed by atoms with van der Waals surface area (Å²) in [4.78, 5) is 15.7. The summed E-state index contributed by atoms with van der Waals surface area (Å²) in [5.41, 5.74) is 2.15. The lowest BCUT2D eigenvalue weighted by Crippen LogP contribution is -2.07. The van der Waals surface area contributed by atoms with Gasteiger partial charge in [0.25, 0.3) is 0 Å². The molecule has 2 aromatic rings. The predicted molar refractivity (Wildman–Crippen MR) is 63.9 cm³/mol. The van der Waals surface area contributed by atoms with E-state index in [0.29, 0.717) is 12.2 Å². The molecule has 0 aromatic carbocycles. The number of Topliss-reactive ketones (excluding diaryl/α,β-unsaturated/α-hetero) is 1. The van der Waals surface area contributed by atoms with Gasteiger partial charge >= 0.3 is 0 Å². The van der Waals surface area contributed by atoms with Crippen LogP contribution in [0.25, 0.3) is 0 Å². The smallest absolute Gasteiger partial charge is 0.164 e. The molecule has 0 N–H and O–H groups in total. The zero-order valence-corrected chi connectivity index (χ0v) is 9.67. The first-order valence-electron chi connectivity index (χ1n) is 6.00. The number of carbonyl (C=O) groups excluding carboxylic acids is 1. The second kappa shape index (κ2) is 4.20. The summed E-state index contributed by atoms with van der Waals surface area (Å²) in [6, 6.07) is 0. The minimum atomic E-state index is 0.299. The van der Waals surface area contributed by atoms with Crippen molar-refractivity contribution in [2.75, 3.05) is 0 Å². The first-order valence-corrected chi connectivity index (χ1v) is 6.00. The van der Waals surface area contributed by atoms with Crippen molar-refractivity contribution in [2.45, 2.75) is 32.4 Å². The van der Waals surface area contributed by atoms with Gasteiger partial charge in [0, 0.05) is 49.9 Å². The molecule has 0 saturated carbocycles. The summed E-state index contributed by atoms with van der Waals surface area (Å²) >= 11 is 0. The molecule has 0 aliphatic heterocycles. The van der Waals surface area contributed by atoms with Gasteiger partial charge in [0.1, 0.15) is 0 Å². The van der Waals surface area contributed by atoms with Gasteiger partial charge in [-0.2, -0.15) is 0 Å². The molecule has 4 heteroatoms. The maximum absolute atomic E-state index is 11.7. The second-order valence-electron chi connectivity index (χ2n) is 4.51. The molecule has 3 rings (SSSR count). The van der Waals surface area contributed by atoms with Crippen molar-refractivity contribution in [3.8, 4) is 0 Å². The topological polar surface area (TPSA) is 39.8 Å². The van der Waals surface area contributed by atoms with Crippen LogP contribution in [0.4, 0.5) is 0 Å². The monoisotopic (exact) mass is 229 g/mol. The fourth-order valence-electron chi connectivity index (χ4n) is 2.36. The fraction of sp³-hybridized carbons (Fsp3) is 0.385. The van der Waals surface area contributed by atoms with E-state index in [9.17, 15) is 4.79 Å². The number of ketones is 1. The van der Waals surface area contributed by atoms with Crippen molar-refractivity contribution in [3.63, 3.8) is 0 Å². The number of aromatic nitrogens is 3. The van der Waals surface area contributed by atoms with Gasteiger partial charge in [-0.15, -0.1) is 0 Å². The van der Waals surface area contributed by atoms with E-state index < -0.39 is 0 Å². The van der Waals surface area contributed by atoms with Gasteiger partial charge in [-0.1, -0.05) is 0 Å². The van der Waals surface area contributed by atoms with Gasteiger partial charge in [0.15, 0.2) is 5.78 Å². The minimum absolute atomic E-state index is 0.299. The van der Waals surface area contributed by atoms with Gasteiger partial charge in [-0.3, -0.25) is 4.79 Å². The van der Waals surface area contributed by atoms with E-state index in [1.54, 1.807) is 6.20 Å². The van der Waals surface area contributed by atoms with Crippen molar-refractivity contribution in [1.82, 2.24) is 14.1 Å². The molecule has 2 aromatic heterocycles. The van der Waals surface area contributed by atoms with Crippen molar-refractivity contribution >= 4 is 5.78 Å². The number of nitrogens with zero attached hydrogens (tertiary/aromatic N) is 3. The molecule has 0 bridgehead atoms. The van der Waals surface area contributed by atoms with E-state index in [4.69, 9.17) is 0 Å². The quantitative estimate of drug-likeness (QED) is 0.806. The molecule has 0 spiro atoms. The molecule has 1 aliphatic carbocycles. The van der Waals surface area contributed by atoms with Crippen LogP contribution in [0.5, 0.6) is 0 Å². The molecular formula is C13H15N3O. The third-order valence-electron chi connectivity index (χ3n) is 3.29. The zero-order chi connectivity index (χ0) is 11.7. The SMILES string of the molecule is O=C1CCCc2cn(CCn3ccnc3)cc21. The molecule has 0 fully saturated rings. The molecule has 1 aliphatic rings. The largest absolute Gasteiger partial charge is 0.351 e. The Labute approximate surface area is 99.9 Å². The second-order valence-corrected chi connectivity index (χ2v) is 4.51. The number of hydrogen-bond donors (Lipinski definition) is 0. The number of imidazole rings is 1. The average molecular weight is 229 g/mol. The molecule has 0 saturated heterocycles. The number of carbonyl (C=O) groups is 1. The van der Waals surface area contributed by atoms with Crippen LogP contribution in [-0.2, 0) is 19.5 Å². The molecule has 17 heavy (non-hydrogen) atoms. The zero-order valence-electron chi connectivity index (χ0n) is 9.67. The van der Waals surface area contributed by atoms with Gasteiger partial charge in [-0.25, -0.2) is 4.98 Å². The molecule has 2 heterocycles. The van der Waals surface area contributed by atoms with E-state index in [0.717, 1.165) is 31.5 Å². The van der Waals surface area contributed by atoms with Crippen LogP contribution in [0.2, 0.25) is 0 Å². The number of fused-ring (bicyclic) bond motifs is 1. The van der Waals surface area contributed by atoms with Crippen LogP contribution in [0.15, 0.2) is 31.1 Å². The van der Waals surface area contributed by atoms with Crippen molar-refractivity contribution in [1.29, 1.82) is 0 Å². The standard InChI is InChI=1S/C13H15N3O/c17-13-3-1-2-11-8-16(9-12(11)13)7-6-15-5-4-14-10-15/h4-5,8-10H,1-3,6-7H2. The van der Waals surface area contributed by atoms with Crippen LogP contribution >= 0.6 is 0 Å². The summed E-state index contributed by atoms with van der Waals surface area (Å²) < 4.78 is 4.16. The highest BCUT2D eigenvalue weighted by molar-refractivity contribution is 5.98. The van der Waals surface area contributed by atoms with E-state index in [-0.39, 0.29) is 0 Å². The van der Waals surface area contributed by atoms with Crippen LogP contribution in [-0.4, -0.2) is 19.9 Å². The summed E-state index contributed by atoms with van der Waals surface area (Å²) in [6.07, 6.45) is 12.4. The Balaban J connectivity index is 1.74. The fourth-order valence-corrected chi connectivity index (χ4v) is 2.36. The van der Waals surface area contributed by atoms with Crippen LogP contribution in [0.3, 0.4) is 0 Å². The Hall–Kier alpha value is -1.84. The first-order chi connectivity index (χ1) is 8.33. The summed E-state index contributed by atoms with van der Waals surface area (Å²) in [5.74, 6) is 0.299. The highest BCUT2D eigenvalue weighted by Crippen LogP contribution is 2.21. The third-order valence-corrected chi connectivity index (χ3v) is 3.29. The van der Waals surface area contributed by atoms with Gasteiger partial charge < -0.3 is 9.13 Å². The minimum Gasteiger partial charge on any atom is -0.351 e. The van der Waals surface area contributed by atoms with E-state index >= 15 is 0 Å². The lowest BCUT2D eigenvalue weighted by molar-refractivity contribution is 0.0973. The van der Waals surface area contributed by atoms with Crippen LogP contribution in [0.1, 0.15) is 28.8 Å². The number of hydrogen-bond acceptors (Lipinski definition) is 2. The van der Waals surface area contributed by atoms with Crippen molar-refractivity contribution in [3.05, 3.63) is 42.2 Å². The van der Waals surface area contributed by atoms with E-state index in [2.05, 4.69) is 15.7 Å². The Morgan fingerprint density at radius 1 is 1.18 bits per heavy atom. The van der Waals surface area contributed by atoms with E-state index in [1.807, 2.05) is 23.3 Å². The highest BCUT2D eigenvalue weighted by atomic mass is 16.1. The van der Waals surface area contributed by atoms with Gasteiger partial charge in [0.05, 0.1) is 6.33 Å². The Morgan fingerprint density at radius 3 is 2.82 bits per heavy atom.